The third kappa shape index (κ3) is 25.9. The van der Waals surface area contributed by atoms with Gasteiger partial charge in [0, 0.05) is 184 Å². The fourth-order valence-electron chi connectivity index (χ4n) is 15.6. The van der Waals surface area contributed by atoms with Crippen molar-refractivity contribution in [3.8, 4) is 0 Å². The molecule has 8 aromatic rings. The van der Waals surface area contributed by atoms with E-state index in [1.165, 1.54) is 93.9 Å². The largest absolute Gasteiger partial charge is 0.480 e. The first-order valence-electron chi connectivity index (χ1n) is 42.1. The summed E-state index contributed by atoms with van der Waals surface area (Å²) >= 11 is 27.8. The highest BCUT2D eigenvalue weighted by atomic mass is 79.9. The molecule has 12 atom stereocenters. The summed E-state index contributed by atoms with van der Waals surface area (Å²) in [5.74, 6) is -5.30. The molecule has 8 aliphatic heterocycles. The summed E-state index contributed by atoms with van der Waals surface area (Å²) in [6.07, 6.45) is -3.11. The maximum atomic E-state index is 14.6. The number of hydrogen-bond acceptors (Lipinski definition) is 34. The molecule has 4 saturated heterocycles. The number of benzene rings is 4. The van der Waals surface area contributed by atoms with Crippen molar-refractivity contribution < 1.29 is 113 Å². The minimum Gasteiger partial charge on any atom is -0.480 e. The quantitative estimate of drug-likeness (QED) is 0.0118. The van der Waals surface area contributed by atoms with Crippen LogP contribution in [-0.2, 0) is 57.2 Å². The summed E-state index contributed by atoms with van der Waals surface area (Å²) in [5, 5.41) is 59.6. The SMILES string of the molecule is CCOC(=O)C1=C(CN2CC(F)C(OCC(=O)O)C2)NC(c2nccs2)=N[C@H]1c1ccc(F)cc1Cl.CCOC(=O)C1=C(CN2CC(O)C(F)C2)NC(c2nccs2)=N[C@H]1c1ccc(F)cc1Br.CCOC(=O)C1=C(CN2C[C@@H](F)[C@H](OCC(=O)O)C2)NC(c2nccs2)=N[C@H]1c1ccc(F)cc1Cl.CCOC(=O)C1=C(CN2C[C@@H](O)[C@H](F)C2)NC(c2nccs2)=N[C@H]1c1ccc(F)cc1Cl. The number of β-amino-alcohol motifs (C(OH)–C–C–N with tert-alkyl or cyclic N) is 2. The van der Waals surface area contributed by atoms with E-state index < -0.39 is 146 Å². The van der Waals surface area contributed by atoms with Crippen LogP contribution < -0.4 is 21.3 Å². The summed E-state index contributed by atoms with van der Waals surface area (Å²) in [4.78, 5) is 117. The topological polar surface area (TPSA) is 401 Å². The van der Waals surface area contributed by atoms with Crippen LogP contribution in [0.15, 0.2) is 189 Å². The lowest BCUT2D eigenvalue weighted by Crippen LogP contribution is -2.39. The molecule has 136 heavy (non-hydrogen) atoms. The average Bonchev–Trinajstić information content (AvgIpc) is 1.40. The number of aromatic nitrogens is 4. The number of aliphatic carboxylic acids is 2. The van der Waals surface area contributed by atoms with Gasteiger partial charge in [0.15, 0.2) is 43.4 Å². The molecule has 0 radical (unpaired) electrons. The predicted molar refractivity (Wildman–Crippen MR) is 493 cm³/mol. The van der Waals surface area contributed by atoms with Gasteiger partial charge in [0.05, 0.1) is 60.9 Å². The Hall–Kier alpha value is -10.5. The van der Waals surface area contributed by atoms with Gasteiger partial charge in [0.1, 0.15) is 97.5 Å². The third-order valence-electron chi connectivity index (χ3n) is 21.6. The molecule has 724 valence electrons. The van der Waals surface area contributed by atoms with Crippen LogP contribution >= 0.6 is 96.1 Å². The second-order valence-electron chi connectivity index (χ2n) is 30.9. The fraction of sp³-hybridized carbons (Fsp3) is 0.386. The number of aliphatic hydroxyl groups is 2. The fourth-order valence-corrected chi connectivity index (χ4v) is 19.3. The highest BCUT2D eigenvalue weighted by Crippen LogP contribution is 2.43. The normalized spacial score (nSPS) is 23.0. The number of thiazole rings is 4. The van der Waals surface area contributed by atoms with Crippen LogP contribution in [0.4, 0.5) is 35.1 Å². The Labute approximate surface area is 811 Å². The smallest absolute Gasteiger partial charge is 0.338 e. The second kappa shape index (κ2) is 47.7. The molecular weight excluding hydrogens is 2000 g/mol. The Balaban J connectivity index is 0.000000154. The van der Waals surface area contributed by atoms with Crippen LogP contribution in [0, 0.1) is 23.3 Å². The first-order chi connectivity index (χ1) is 65.3. The van der Waals surface area contributed by atoms with Gasteiger partial charge in [-0.05, 0) is 81.8 Å². The number of rotatable bonds is 30. The summed E-state index contributed by atoms with van der Waals surface area (Å²) < 4.78 is 144. The molecule has 16 rings (SSSR count). The van der Waals surface area contributed by atoms with Crippen LogP contribution in [0.1, 0.15) is 94.1 Å². The van der Waals surface area contributed by atoms with Crippen LogP contribution in [0.25, 0.3) is 0 Å². The Bertz CT molecular complexity index is 5550. The lowest BCUT2D eigenvalue weighted by molar-refractivity contribution is -0.145. The van der Waals surface area contributed by atoms with Crippen molar-refractivity contribution in [3.05, 3.63) is 249 Å². The number of aliphatic hydroxyl groups excluding tert-OH is 2. The number of alkyl halides is 4. The van der Waals surface area contributed by atoms with E-state index in [9.17, 15) is 74.1 Å². The maximum absolute atomic E-state index is 14.6. The molecule has 32 nitrogen and oxygen atoms in total. The molecule has 8 N–H and O–H groups in total. The molecule has 0 saturated carbocycles. The van der Waals surface area contributed by atoms with Gasteiger partial charge in [-0.1, -0.05) is 75.0 Å². The lowest BCUT2D eigenvalue weighted by atomic mass is 9.95. The van der Waals surface area contributed by atoms with Gasteiger partial charge in [-0.15, -0.1) is 45.3 Å². The molecule has 0 amide bonds. The van der Waals surface area contributed by atoms with Gasteiger partial charge < -0.3 is 70.1 Å². The van der Waals surface area contributed by atoms with Crippen LogP contribution in [0.3, 0.4) is 0 Å². The third-order valence-corrected chi connectivity index (χ3v) is 26.3. The van der Waals surface area contributed by atoms with Crippen molar-refractivity contribution in [1.29, 1.82) is 0 Å². The van der Waals surface area contributed by atoms with E-state index in [0.29, 0.717) is 92.9 Å². The maximum Gasteiger partial charge on any atom is 0.338 e. The zero-order chi connectivity index (χ0) is 97.3. The van der Waals surface area contributed by atoms with Crippen LogP contribution in [-0.4, -0.2) is 286 Å². The Morgan fingerprint density at radius 2 is 0.654 bits per heavy atom. The van der Waals surface area contributed by atoms with E-state index in [1.807, 2.05) is 0 Å². The number of amidine groups is 4. The number of halogens is 12. The number of likely N-dealkylation sites (tertiary alicyclic amines) is 4. The van der Waals surface area contributed by atoms with E-state index in [2.05, 4.69) is 72.1 Å². The number of ether oxygens (including phenoxy) is 6. The zero-order valence-electron chi connectivity index (χ0n) is 72.4. The summed E-state index contributed by atoms with van der Waals surface area (Å²) in [6, 6.07) is 12.1. The average molecular weight is 2090 g/mol. The molecule has 4 fully saturated rings. The van der Waals surface area contributed by atoms with Gasteiger partial charge >= 0.3 is 35.8 Å². The van der Waals surface area contributed by atoms with Crippen molar-refractivity contribution in [2.24, 2.45) is 20.0 Å². The van der Waals surface area contributed by atoms with Crippen molar-refractivity contribution >= 4 is 155 Å². The van der Waals surface area contributed by atoms with Crippen LogP contribution in [0.2, 0.25) is 15.1 Å². The van der Waals surface area contributed by atoms with E-state index in [-0.39, 0.29) is 142 Å². The molecule has 0 aliphatic carbocycles. The Morgan fingerprint density at radius 3 is 0.890 bits per heavy atom. The monoisotopic (exact) mass is 2090 g/mol. The van der Waals surface area contributed by atoms with Crippen molar-refractivity contribution in [2.45, 2.75) is 101 Å². The van der Waals surface area contributed by atoms with E-state index in [1.54, 1.807) is 99.7 Å². The standard InChI is InChI=1S/2C23H23ClF2N4O5S.C21H21BrF2N4O3S.C21H21ClF2N4O3S/c2*1-2-34-23(33)19-16(9-30-8-15(26)17(10-30)35-11-18(31)32)28-21(22-27-5-6-36-22)29-20(19)13-4-3-12(25)7-14(13)24;2*1-2-31-21(30)17-15(9-28-8-14(24)16(29)10-28)26-19(20-25-5-6-32-20)27-18(17)12-4-3-11(23)7-13(12)22/h2*3-7,15,17,20H,2,8-11H2,1H3,(H,28,29)(H,31,32);2*3-7,14,16,18,29H,2,8-10H2,1H3,(H,26,27)/t15?,17?,20-;15-,17-,20+;14?,16?,18-;14-,16-,18+/m0101/s1. The summed E-state index contributed by atoms with van der Waals surface area (Å²) in [7, 11) is 0. The van der Waals surface area contributed by atoms with Crippen molar-refractivity contribution in [2.75, 3.05) is 118 Å². The van der Waals surface area contributed by atoms with E-state index in [4.69, 9.17) is 78.4 Å². The molecular formula is C88H88BrCl3F8N16O16S4. The first kappa shape index (κ1) is 103. The van der Waals surface area contributed by atoms with Gasteiger partial charge in [0.2, 0.25) is 0 Å². The number of carboxylic acids is 2. The van der Waals surface area contributed by atoms with Crippen LogP contribution in [0.5, 0.6) is 0 Å². The number of nitrogens with zero attached hydrogens (tertiary/aromatic N) is 12. The first-order valence-corrected chi connectivity index (χ1v) is 47.6. The molecule has 4 aromatic carbocycles. The van der Waals surface area contributed by atoms with E-state index in [0.717, 1.165) is 18.2 Å². The lowest BCUT2D eigenvalue weighted by Gasteiger charge is -2.29. The molecule has 0 spiro atoms. The van der Waals surface area contributed by atoms with Gasteiger partial charge in [-0.25, -0.2) is 83.8 Å². The molecule has 4 unspecified atom stereocenters. The summed E-state index contributed by atoms with van der Waals surface area (Å²) in [6.45, 7) is 6.95. The molecule has 8 aliphatic rings. The van der Waals surface area contributed by atoms with Crippen molar-refractivity contribution in [3.63, 3.8) is 0 Å². The number of carbonyl (C=O) groups is 6. The number of aliphatic imine (C=N–C) groups is 4. The minimum absolute atomic E-state index is 0.0220. The van der Waals surface area contributed by atoms with E-state index >= 15 is 0 Å². The number of carbonyl (C=O) groups excluding carboxylic acids is 4. The van der Waals surface area contributed by atoms with Gasteiger partial charge in [0.25, 0.3) is 0 Å². The van der Waals surface area contributed by atoms with Crippen molar-refractivity contribution in [1.82, 2.24) is 60.8 Å². The molecule has 0 bridgehead atoms. The molecule has 12 heterocycles. The van der Waals surface area contributed by atoms with Gasteiger partial charge in [-0.2, -0.15) is 0 Å². The minimum atomic E-state index is -1.41. The number of hydrogen-bond donors (Lipinski definition) is 8. The molecule has 4 aromatic heterocycles. The highest BCUT2D eigenvalue weighted by Gasteiger charge is 2.45. The van der Waals surface area contributed by atoms with Gasteiger partial charge in [-0.3, -0.25) is 39.6 Å². The Morgan fingerprint density at radius 1 is 0.397 bits per heavy atom. The highest BCUT2D eigenvalue weighted by molar-refractivity contribution is 9.10. The second-order valence-corrected chi connectivity index (χ2v) is 36.6. The number of carboxylic acid groups (broad SMARTS) is 2. The zero-order valence-corrected chi connectivity index (χ0v) is 79.5. The number of nitrogens with one attached hydrogen (secondary N) is 4. The number of esters is 4. The summed E-state index contributed by atoms with van der Waals surface area (Å²) in [5.41, 5.74) is 4.22. The molecule has 48 heteroatoms. The Kier molecular flexibility index (Phi) is 36.1. The predicted octanol–water partition coefficient (Wildman–Crippen LogP) is 11.8.